The average molecular weight is 412 g/mol. The number of likely N-dealkylation sites (tertiary alicyclic amines) is 1. The van der Waals surface area contributed by atoms with Crippen molar-refractivity contribution in [3.05, 3.63) is 27.7 Å². The van der Waals surface area contributed by atoms with Crippen molar-refractivity contribution in [1.82, 2.24) is 4.90 Å². The summed E-state index contributed by atoms with van der Waals surface area (Å²) in [4.78, 5) is 24.6. The van der Waals surface area contributed by atoms with Crippen LogP contribution in [-0.4, -0.2) is 47.9 Å². The van der Waals surface area contributed by atoms with Gasteiger partial charge in [0.1, 0.15) is 12.4 Å². The minimum Gasteiger partial charge on any atom is -0.490 e. The first-order valence-electron chi connectivity index (χ1n) is 8.60. The highest BCUT2D eigenvalue weighted by atomic mass is 79.9. The topological polar surface area (TPSA) is 76.1 Å². The van der Waals surface area contributed by atoms with E-state index in [1.807, 2.05) is 19.1 Å². The van der Waals surface area contributed by atoms with Gasteiger partial charge in [-0.05, 0) is 65.7 Å². The molecule has 1 aromatic carbocycles. The zero-order valence-electron chi connectivity index (χ0n) is 14.2. The van der Waals surface area contributed by atoms with E-state index in [2.05, 4.69) is 15.9 Å². The average Bonchev–Trinajstić information content (AvgIpc) is 3.21. The normalized spacial score (nSPS) is 21.9. The molecule has 25 heavy (non-hydrogen) atoms. The van der Waals surface area contributed by atoms with Crippen molar-refractivity contribution in [2.24, 2.45) is 5.92 Å². The number of ether oxygens (including phenoxy) is 2. The molecule has 1 saturated heterocycles. The molecule has 1 heterocycles. The van der Waals surface area contributed by atoms with Crippen molar-refractivity contribution in [2.75, 3.05) is 19.8 Å². The van der Waals surface area contributed by atoms with Crippen LogP contribution in [0.15, 0.2) is 16.6 Å². The number of carboxylic acid groups (broad SMARTS) is 1. The molecule has 2 aliphatic rings. The van der Waals surface area contributed by atoms with Gasteiger partial charge in [0.2, 0.25) is 0 Å². The van der Waals surface area contributed by atoms with Crippen molar-refractivity contribution in [1.29, 1.82) is 0 Å². The minimum absolute atomic E-state index is 0.107. The fourth-order valence-corrected chi connectivity index (χ4v) is 4.28. The van der Waals surface area contributed by atoms with E-state index >= 15 is 0 Å². The molecule has 0 bridgehead atoms. The van der Waals surface area contributed by atoms with E-state index in [0.29, 0.717) is 38.3 Å². The summed E-state index contributed by atoms with van der Waals surface area (Å²) in [6.45, 7) is 3.11. The molecule has 1 amide bonds. The second kappa shape index (κ2) is 7.64. The Kier molecular flexibility index (Phi) is 5.51. The molecule has 0 saturated carbocycles. The Morgan fingerprint density at radius 3 is 2.88 bits per heavy atom. The zero-order valence-corrected chi connectivity index (χ0v) is 15.8. The number of fused-ring (bicyclic) bond motifs is 1. The number of benzene rings is 1. The lowest BCUT2D eigenvalue weighted by Gasteiger charge is -2.22. The molecule has 0 radical (unpaired) electrons. The molecule has 136 valence electrons. The molecule has 2 unspecified atom stereocenters. The Morgan fingerprint density at radius 2 is 2.16 bits per heavy atom. The standard InChI is InChI=1S/C18H22BrNO5/c1-2-24-17(21)12-8-11-5-6-15(16(19)14(11)9-12)25-10-13-4-3-7-20(13)18(22)23/h5-6,12-13H,2-4,7-10H2,1H3,(H,22,23). The quantitative estimate of drug-likeness (QED) is 0.752. The number of rotatable bonds is 5. The van der Waals surface area contributed by atoms with E-state index < -0.39 is 6.09 Å². The molecule has 7 heteroatoms. The lowest BCUT2D eigenvalue weighted by molar-refractivity contribution is -0.147. The van der Waals surface area contributed by atoms with Crippen LogP contribution in [0.5, 0.6) is 5.75 Å². The van der Waals surface area contributed by atoms with E-state index in [9.17, 15) is 14.7 Å². The largest absolute Gasteiger partial charge is 0.490 e. The van der Waals surface area contributed by atoms with Gasteiger partial charge in [0.05, 0.1) is 23.0 Å². The maximum atomic E-state index is 12.0. The van der Waals surface area contributed by atoms with Crippen molar-refractivity contribution in [2.45, 2.75) is 38.6 Å². The third kappa shape index (κ3) is 3.76. The zero-order chi connectivity index (χ0) is 18.0. The van der Waals surface area contributed by atoms with Crippen molar-refractivity contribution >= 4 is 28.0 Å². The van der Waals surface area contributed by atoms with E-state index in [1.165, 1.54) is 4.90 Å². The number of esters is 1. The Labute approximate surface area is 155 Å². The molecular formula is C18H22BrNO5. The molecule has 0 spiro atoms. The summed E-state index contributed by atoms with van der Waals surface area (Å²) in [6.07, 6.45) is 2.11. The van der Waals surface area contributed by atoms with Gasteiger partial charge < -0.3 is 19.5 Å². The highest BCUT2D eigenvalue weighted by Crippen LogP contribution is 2.39. The van der Waals surface area contributed by atoms with Crippen molar-refractivity contribution in [3.8, 4) is 5.75 Å². The van der Waals surface area contributed by atoms with Crippen LogP contribution >= 0.6 is 15.9 Å². The number of nitrogens with zero attached hydrogens (tertiary/aromatic N) is 1. The van der Waals surface area contributed by atoms with Crippen LogP contribution in [0.3, 0.4) is 0 Å². The smallest absolute Gasteiger partial charge is 0.407 e. The summed E-state index contributed by atoms with van der Waals surface area (Å²) in [5.41, 5.74) is 2.21. The Balaban J connectivity index is 1.67. The summed E-state index contributed by atoms with van der Waals surface area (Å²) in [6, 6.07) is 3.76. The first-order chi connectivity index (χ1) is 12.0. The van der Waals surface area contributed by atoms with Gasteiger partial charge in [-0.25, -0.2) is 4.79 Å². The van der Waals surface area contributed by atoms with Crippen LogP contribution in [0.4, 0.5) is 4.79 Å². The van der Waals surface area contributed by atoms with E-state index in [0.717, 1.165) is 28.4 Å². The fourth-order valence-electron chi connectivity index (χ4n) is 3.62. The second-order valence-electron chi connectivity index (χ2n) is 6.46. The number of amides is 1. The summed E-state index contributed by atoms with van der Waals surface area (Å²) in [7, 11) is 0. The van der Waals surface area contributed by atoms with Gasteiger partial charge in [-0.3, -0.25) is 4.79 Å². The molecule has 0 aromatic heterocycles. The summed E-state index contributed by atoms with van der Waals surface area (Å²) in [5, 5.41) is 9.20. The van der Waals surface area contributed by atoms with Gasteiger partial charge in [-0.15, -0.1) is 0 Å². The Morgan fingerprint density at radius 1 is 1.36 bits per heavy atom. The van der Waals surface area contributed by atoms with E-state index in [1.54, 1.807) is 0 Å². The Hall–Kier alpha value is -1.76. The minimum atomic E-state index is -0.892. The lowest BCUT2D eigenvalue weighted by atomic mass is 10.1. The molecule has 1 fully saturated rings. The first-order valence-corrected chi connectivity index (χ1v) is 9.39. The third-order valence-electron chi connectivity index (χ3n) is 4.90. The molecule has 2 atom stereocenters. The van der Waals surface area contributed by atoms with Gasteiger partial charge in [0, 0.05) is 6.54 Å². The van der Waals surface area contributed by atoms with Gasteiger partial charge in [0.15, 0.2) is 0 Å². The maximum Gasteiger partial charge on any atom is 0.407 e. The molecule has 3 rings (SSSR count). The number of carbonyl (C=O) groups is 2. The van der Waals surface area contributed by atoms with Crippen LogP contribution in [0.1, 0.15) is 30.9 Å². The lowest BCUT2D eigenvalue weighted by Crippen LogP contribution is -2.38. The van der Waals surface area contributed by atoms with Gasteiger partial charge in [-0.1, -0.05) is 6.07 Å². The number of hydrogen-bond donors (Lipinski definition) is 1. The van der Waals surface area contributed by atoms with E-state index in [4.69, 9.17) is 9.47 Å². The van der Waals surface area contributed by atoms with Crippen LogP contribution in [0.2, 0.25) is 0 Å². The van der Waals surface area contributed by atoms with Crippen molar-refractivity contribution in [3.63, 3.8) is 0 Å². The van der Waals surface area contributed by atoms with E-state index in [-0.39, 0.29) is 17.9 Å². The fraction of sp³-hybridized carbons (Fsp3) is 0.556. The predicted octanol–water partition coefficient (Wildman–Crippen LogP) is 3.25. The summed E-state index contributed by atoms with van der Waals surface area (Å²) < 4.78 is 11.9. The van der Waals surface area contributed by atoms with Crippen molar-refractivity contribution < 1.29 is 24.2 Å². The first kappa shape index (κ1) is 18.0. The van der Waals surface area contributed by atoms with Crippen LogP contribution in [0.25, 0.3) is 0 Å². The summed E-state index contributed by atoms with van der Waals surface area (Å²) >= 11 is 3.59. The predicted molar refractivity (Wildman–Crippen MR) is 94.9 cm³/mol. The SMILES string of the molecule is CCOC(=O)C1Cc2ccc(OCC3CCCN3C(=O)O)c(Br)c2C1. The van der Waals surface area contributed by atoms with Crippen LogP contribution in [0, 0.1) is 5.92 Å². The van der Waals surface area contributed by atoms with Crippen LogP contribution in [-0.2, 0) is 22.4 Å². The number of hydrogen-bond acceptors (Lipinski definition) is 4. The number of carbonyl (C=O) groups excluding carboxylic acids is 1. The second-order valence-corrected chi connectivity index (χ2v) is 7.25. The van der Waals surface area contributed by atoms with Gasteiger partial charge in [0.25, 0.3) is 0 Å². The Bertz CT molecular complexity index is 678. The third-order valence-corrected chi connectivity index (χ3v) is 5.77. The number of halogens is 1. The van der Waals surface area contributed by atoms with Crippen LogP contribution < -0.4 is 4.74 Å². The molecule has 1 aromatic rings. The molecule has 1 aliphatic heterocycles. The highest BCUT2D eigenvalue weighted by molar-refractivity contribution is 9.10. The van der Waals surface area contributed by atoms with Gasteiger partial charge in [-0.2, -0.15) is 0 Å². The molecule has 1 N–H and O–H groups in total. The maximum absolute atomic E-state index is 12.0. The molecule has 1 aliphatic carbocycles. The highest BCUT2D eigenvalue weighted by Gasteiger charge is 2.32. The monoisotopic (exact) mass is 411 g/mol. The molecular weight excluding hydrogens is 390 g/mol. The molecule has 6 nitrogen and oxygen atoms in total. The summed E-state index contributed by atoms with van der Waals surface area (Å²) in [5.74, 6) is 0.399. The van der Waals surface area contributed by atoms with Gasteiger partial charge >= 0.3 is 12.1 Å².